The molecule has 3 aliphatic heterocycles. The Hall–Kier alpha value is -3.15. The fraction of sp³-hybridized carbons (Fsp3) is 0.435. The summed E-state index contributed by atoms with van der Waals surface area (Å²) in [7, 11) is 1.76. The average molecular weight is 419 g/mol. The summed E-state index contributed by atoms with van der Waals surface area (Å²) >= 11 is 0. The Morgan fingerprint density at radius 2 is 2.03 bits per heavy atom. The highest BCUT2D eigenvalue weighted by Gasteiger charge is 2.57. The molecular weight excluding hydrogens is 394 g/mol. The smallest absolute Gasteiger partial charge is 0.222 e. The minimum atomic E-state index is -0.983. The molecule has 2 atom stereocenters. The summed E-state index contributed by atoms with van der Waals surface area (Å²) in [6.45, 7) is 4.77. The Labute approximate surface area is 181 Å². The van der Waals surface area contributed by atoms with Crippen molar-refractivity contribution in [2.75, 3.05) is 13.7 Å². The molecule has 3 aliphatic rings. The molecule has 160 valence electrons. The van der Waals surface area contributed by atoms with E-state index in [1.807, 2.05) is 30.3 Å². The van der Waals surface area contributed by atoms with E-state index in [4.69, 9.17) is 25.0 Å². The van der Waals surface area contributed by atoms with Gasteiger partial charge in [0.1, 0.15) is 23.1 Å². The van der Waals surface area contributed by atoms with Crippen LogP contribution in [0.3, 0.4) is 0 Å². The van der Waals surface area contributed by atoms with Crippen molar-refractivity contribution in [2.24, 2.45) is 10.7 Å². The number of pyridine rings is 1. The van der Waals surface area contributed by atoms with Crippen molar-refractivity contribution in [3.05, 3.63) is 47.7 Å². The Balaban J connectivity index is 1.63. The number of nitrogens with zero attached hydrogens (tertiary/aromatic N) is 4. The van der Waals surface area contributed by atoms with Crippen molar-refractivity contribution in [1.29, 1.82) is 5.26 Å². The Morgan fingerprint density at radius 3 is 2.74 bits per heavy atom. The first kappa shape index (κ1) is 19.8. The van der Waals surface area contributed by atoms with Crippen LogP contribution in [0.15, 0.2) is 41.4 Å². The maximum absolute atomic E-state index is 9.21. The van der Waals surface area contributed by atoms with Crippen LogP contribution in [-0.2, 0) is 15.3 Å². The summed E-state index contributed by atoms with van der Waals surface area (Å²) < 4.78 is 12.6. The number of aromatic nitrogens is 1. The maximum Gasteiger partial charge on any atom is 0.222 e. The second-order valence-corrected chi connectivity index (χ2v) is 9.07. The van der Waals surface area contributed by atoms with E-state index in [9.17, 15) is 5.26 Å². The lowest BCUT2D eigenvalue weighted by Crippen LogP contribution is -2.55. The van der Waals surface area contributed by atoms with Crippen molar-refractivity contribution in [2.45, 2.75) is 50.0 Å². The van der Waals surface area contributed by atoms with Gasteiger partial charge in [-0.1, -0.05) is 6.07 Å². The summed E-state index contributed by atoms with van der Waals surface area (Å²) in [5.41, 5.74) is 7.10. The molecule has 2 unspecified atom stereocenters. The Bertz CT molecular complexity index is 1120. The molecule has 5 rings (SSSR count). The normalized spacial score (nSPS) is 28.7. The average Bonchev–Trinajstić information content (AvgIpc) is 3.00. The molecule has 4 heterocycles. The number of nitriles is 1. The van der Waals surface area contributed by atoms with Gasteiger partial charge in [-0.2, -0.15) is 5.26 Å². The molecule has 0 amide bonds. The Morgan fingerprint density at radius 1 is 1.19 bits per heavy atom. The molecule has 0 bridgehead atoms. The topological polar surface area (TPSA) is 106 Å². The molecule has 1 fully saturated rings. The van der Waals surface area contributed by atoms with Crippen LogP contribution in [0, 0.1) is 11.3 Å². The SMILES string of the molecule is CN1OC2(CC3(CCOC(C)(C)C3)Oc3ccc(-c4cccc(C#N)n4)cc32)N=C1N. The van der Waals surface area contributed by atoms with Crippen LogP contribution in [0.2, 0.25) is 0 Å². The number of benzene rings is 1. The molecule has 1 aromatic carbocycles. The molecule has 1 saturated heterocycles. The van der Waals surface area contributed by atoms with Crippen molar-refractivity contribution < 1.29 is 14.3 Å². The molecular formula is C23H25N5O3. The molecule has 2 N–H and O–H groups in total. The van der Waals surface area contributed by atoms with Crippen molar-refractivity contribution in [3.63, 3.8) is 0 Å². The number of hydroxylamine groups is 2. The van der Waals surface area contributed by atoms with Gasteiger partial charge in [-0.3, -0.25) is 0 Å². The number of fused-ring (bicyclic) bond motifs is 2. The maximum atomic E-state index is 9.21. The summed E-state index contributed by atoms with van der Waals surface area (Å²) in [6, 6.07) is 13.3. The zero-order valence-electron chi connectivity index (χ0n) is 17.9. The third kappa shape index (κ3) is 3.30. The highest BCUT2D eigenvalue weighted by molar-refractivity contribution is 5.79. The lowest BCUT2D eigenvalue weighted by molar-refractivity contribution is -0.224. The van der Waals surface area contributed by atoms with Gasteiger partial charge in [-0.25, -0.2) is 19.9 Å². The van der Waals surface area contributed by atoms with Gasteiger partial charge in [0, 0.05) is 31.9 Å². The second-order valence-electron chi connectivity index (χ2n) is 9.07. The summed E-state index contributed by atoms with van der Waals surface area (Å²) in [5, 5.41) is 10.7. The largest absolute Gasteiger partial charge is 0.486 e. The lowest BCUT2D eigenvalue weighted by Gasteiger charge is -2.50. The van der Waals surface area contributed by atoms with Gasteiger partial charge in [-0.15, -0.1) is 0 Å². The first-order valence-electron chi connectivity index (χ1n) is 10.4. The van der Waals surface area contributed by atoms with E-state index < -0.39 is 11.3 Å². The number of nitrogens with two attached hydrogens (primary N) is 1. The predicted molar refractivity (Wildman–Crippen MR) is 114 cm³/mol. The van der Waals surface area contributed by atoms with Crippen LogP contribution >= 0.6 is 0 Å². The molecule has 2 aromatic rings. The first-order valence-corrected chi connectivity index (χ1v) is 10.4. The van der Waals surface area contributed by atoms with Gasteiger partial charge in [0.2, 0.25) is 11.7 Å². The minimum absolute atomic E-state index is 0.307. The van der Waals surface area contributed by atoms with Gasteiger partial charge in [-0.05, 0) is 44.2 Å². The van der Waals surface area contributed by atoms with E-state index in [1.165, 1.54) is 5.06 Å². The fourth-order valence-corrected chi connectivity index (χ4v) is 4.94. The second kappa shape index (κ2) is 6.67. The Kier molecular flexibility index (Phi) is 4.26. The van der Waals surface area contributed by atoms with Crippen LogP contribution < -0.4 is 10.5 Å². The van der Waals surface area contributed by atoms with Crippen molar-refractivity contribution in [3.8, 4) is 23.1 Å². The van der Waals surface area contributed by atoms with Gasteiger partial charge in [0.05, 0.1) is 23.5 Å². The molecule has 8 heteroatoms. The van der Waals surface area contributed by atoms with E-state index in [0.29, 0.717) is 30.4 Å². The van der Waals surface area contributed by atoms with Crippen LogP contribution in [-0.4, -0.2) is 40.9 Å². The molecule has 0 saturated carbocycles. The van der Waals surface area contributed by atoms with Crippen LogP contribution in [0.5, 0.6) is 5.75 Å². The molecule has 0 aliphatic carbocycles. The monoisotopic (exact) mass is 419 g/mol. The molecule has 2 spiro atoms. The van der Waals surface area contributed by atoms with Crippen LogP contribution in [0.4, 0.5) is 0 Å². The first-order chi connectivity index (χ1) is 14.7. The van der Waals surface area contributed by atoms with E-state index >= 15 is 0 Å². The zero-order valence-corrected chi connectivity index (χ0v) is 17.9. The van der Waals surface area contributed by atoms with Crippen LogP contribution in [0.25, 0.3) is 11.3 Å². The minimum Gasteiger partial charge on any atom is -0.486 e. The zero-order chi connectivity index (χ0) is 21.9. The van der Waals surface area contributed by atoms with Gasteiger partial charge >= 0.3 is 0 Å². The third-order valence-electron chi connectivity index (χ3n) is 6.15. The predicted octanol–water partition coefficient (Wildman–Crippen LogP) is 3.08. The van der Waals surface area contributed by atoms with E-state index in [2.05, 4.69) is 24.9 Å². The van der Waals surface area contributed by atoms with Gasteiger partial charge < -0.3 is 15.2 Å². The van der Waals surface area contributed by atoms with Gasteiger partial charge in [0.15, 0.2) is 0 Å². The van der Waals surface area contributed by atoms with E-state index in [-0.39, 0.29) is 5.60 Å². The third-order valence-corrected chi connectivity index (χ3v) is 6.15. The number of hydrogen-bond donors (Lipinski definition) is 1. The summed E-state index contributed by atoms with van der Waals surface area (Å²) in [4.78, 5) is 15.5. The van der Waals surface area contributed by atoms with Crippen molar-refractivity contribution >= 4 is 5.96 Å². The number of ether oxygens (including phenoxy) is 2. The van der Waals surface area contributed by atoms with E-state index in [1.54, 1.807) is 13.1 Å². The molecule has 8 nitrogen and oxygen atoms in total. The quantitative estimate of drug-likeness (QED) is 0.757. The fourth-order valence-electron chi connectivity index (χ4n) is 4.94. The standard InChI is InChI=1S/C23H25N5O3/c1-21(2)13-22(9-10-29-21)14-23(27-20(25)28(3)31-23)17-11-15(7-8-19(17)30-22)18-6-4-5-16(12-24)26-18/h4-8,11H,9-10,13-14H2,1-3H3,(H2,25,27). The number of guanidine groups is 1. The summed E-state index contributed by atoms with van der Waals surface area (Å²) in [5.74, 6) is 1.04. The number of rotatable bonds is 1. The van der Waals surface area contributed by atoms with Crippen molar-refractivity contribution in [1.82, 2.24) is 10.0 Å². The number of aliphatic imine (C=N–C) groups is 1. The summed E-state index contributed by atoms with van der Waals surface area (Å²) in [6.07, 6.45) is 1.99. The number of hydrogen-bond acceptors (Lipinski definition) is 8. The molecule has 0 radical (unpaired) electrons. The highest BCUT2D eigenvalue weighted by Crippen LogP contribution is 2.54. The highest BCUT2D eigenvalue weighted by atomic mass is 16.7. The molecule has 31 heavy (non-hydrogen) atoms. The van der Waals surface area contributed by atoms with Crippen LogP contribution in [0.1, 0.15) is 44.4 Å². The lowest BCUT2D eigenvalue weighted by atomic mass is 9.75. The van der Waals surface area contributed by atoms with Gasteiger partial charge in [0.25, 0.3) is 0 Å². The molecule has 1 aromatic heterocycles. The van der Waals surface area contributed by atoms with E-state index in [0.717, 1.165) is 29.7 Å².